The molecule has 1 aliphatic heterocycles. The molecule has 0 atom stereocenters. The van der Waals surface area contributed by atoms with E-state index in [0.717, 1.165) is 22.3 Å². The van der Waals surface area contributed by atoms with E-state index in [2.05, 4.69) is 15.2 Å². The highest BCUT2D eigenvalue weighted by molar-refractivity contribution is 5.71. The first-order valence-electron chi connectivity index (χ1n) is 11.6. The number of alkyl halides is 3. The standard InChI is InChI=1S/C26H27F3N4O4/c1-15-4-5-22(37-14-26(27,28)29)21(8-15)31-23-24(34)33(7-6-30-23)19-9-16(2)20(17(3)10-19)13-32-11-18(12-32)25(35)36/h4-10,18H,11-14H2,1-3H3,(H,30,31)(H,35,36). The third-order valence-corrected chi connectivity index (χ3v) is 6.27. The number of rotatable bonds is 8. The minimum absolute atomic E-state index is 0.0494. The Morgan fingerprint density at radius 2 is 1.84 bits per heavy atom. The Morgan fingerprint density at radius 3 is 2.46 bits per heavy atom. The van der Waals surface area contributed by atoms with E-state index in [4.69, 9.17) is 9.84 Å². The summed E-state index contributed by atoms with van der Waals surface area (Å²) >= 11 is 0. The molecular formula is C26H27F3N4O4. The van der Waals surface area contributed by atoms with Crippen LogP contribution in [0.1, 0.15) is 22.3 Å². The summed E-state index contributed by atoms with van der Waals surface area (Å²) in [6, 6.07) is 8.34. The number of nitrogens with zero attached hydrogens (tertiary/aromatic N) is 3. The highest BCUT2D eigenvalue weighted by Crippen LogP contribution is 2.30. The molecule has 0 bridgehead atoms. The summed E-state index contributed by atoms with van der Waals surface area (Å²) in [4.78, 5) is 30.5. The first-order chi connectivity index (χ1) is 17.4. The van der Waals surface area contributed by atoms with Crippen LogP contribution in [0.25, 0.3) is 5.69 Å². The Labute approximate surface area is 211 Å². The third-order valence-electron chi connectivity index (χ3n) is 6.27. The number of aryl methyl sites for hydroxylation is 3. The van der Waals surface area contributed by atoms with Crippen LogP contribution in [0.4, 0.5) is 24.7 Å². The zero-order chi connectivity index (χ0) is 26.9. The van der Waals surface area contributed by atoms with Crippen LogP contribution in [-0.4, -0.2) is 51.4 Å². The smallest absolute Gasteiger partial charge is 0.422 e. The maximum absolute atomic E-state index is 13.3. The fourth-order valence-corrected chi connectivity index (χ4v) is 4.29. The molecule has 1 aliphatic rings. The maximum Gasteiger partial charge on any atom is 0.422 e. The monoisotopic (exact) mass is 516 g/mol. The van der Waals surface area contributed by atoms with Gasteiger partial charge in [0.25, 0.3) is 5.56 Å². The zero-order valence-electron chi connectivity index (χ0n) is 20.6. The Bertz CT molecular complexity index is 1360. The highest BCUT2D eigenvalue weighted by atomic mass is 19.4. The van der Waals surface area contributed by atoms with Crippen molar-refractivity contribution in [2.24, 2.45) is 5.92 Å². The molecule has 0 amide bonds. The first kappa shape index (κ1) is 26.2. The van der Waals surface area contributed by atoms with Gasteiger partial charge in [0.05, 0.1) is 11.6 Å². The summed E-state index contributed by atoms with van der Waals surface area (Å²) in [6.07, 6.45) is -1.55. The van der Waals surface area contributed by atoms with E-state index in [1.54, 1.807) is 19.1 Å². The van der Waals surface area contributed by atoms with Gasteiger partial charge in [-0.3, -0.25) is 19.1 Å². The summed E-state index contributed by atoms with van der Waals surface area (Å²) in [5.74, 6) is -1.24. The topological polar surface area (TPSA) is 96.7 Å². The summed E-state index contributed by atoms with van der Waals surface area (Å²) in [7, 11) is 0. The molecule has 0 aliphatic carbocycles. The van der Waals surface area contributed by atoms with Gasteiger partial charge in [-0.05, 0) is 67.3 Å². The van der Waals surface area contributed by atoms with Crippen molar-refractivity contribution in [2.75, 3.05) is 25.0 Å². The number of carbonyl (C=O) groups is 1. The van der Waals surface area contributed by atoms with Crippen LogP contribution in [0, 0.1) is 26.7 Å². The number of hydrogen-bond acceptors (Lipinski definition) is 6. The average molecular weight is 517 g/mol. The molecule has 8 nitrogen and oxygen atoms in total. The normalized spacial score (nSPS) is 14.3. The molecule has 1 aromatic heterocycles. The number of benzene rings is 2. The van der Waals surface area contributed by atoms with Gasteiger partial charge in [0.2, 0.25) is 0 Å². The van der Waals surface area contributed by atoms with Crippen molar-refractivity contribution in [2.45, 2.75) is 33.5 Å². The van der Waals surface area contributed by atoms with Gasteiger partial charge in [-0.1, -0.05) is 6.07 Å². The van der Waals surface area contributed by atoms with E-state index in [9.17, 15) is 22.8 Å². The molecule has 11 heteroatoms. The van der Waals surface area contributed by atoms with Gasteiger partial charge < -0.3 is 15.2 Å². The van der Waals surface area contributed by atoms with E-state index in [-0.39, 0.29) is 23.2 Å². The van der Waals surface area contributed by atoms with Crippen molar-refractivity contribution < 1.29 is 27.8 Å². The SMILES string of the molecule is Cc1ccc(OCC(F)(F)F)c(Nc2nccn(-c3cc(C)c(CN4CC(C(=O)O)C4)c(C)c3)c2=O)c1. The van der Waals surface area contributed by atoms with Gasteiger partial charge in [-0.15, -0.1) is 0 Å². The number of halogens is 3. The number of carboxylic acids is 1. The minimum Gasteiger partial charge on any atom is -0.482 e. The van der Waals surface area contributed by atoms with Crippen molar-refractivity contribution in [3.8, 4) is 11.4 Å². The highest BCUT2D eigenvalue weighted by Gasteiger charge is 2.32. The second-order valence-electron chi connectivity index (χ2n) is 9.27. The number of carboxylic acid groups (broad SMARTS) is 1. The van der Waals surface area contributed by atoms with Gasteiger partial charge in [0.1, 0.15) is 5.75 Å². The Balaban J connectivity index is 1.58. The summed E-state index contributed by atoms with van der Waals surface area (Å²) < 4.78 is 44.4. The molecule has 0 radical (unpaired) electrons. The molecule has 0 spiro atoms. The lowest BCUT2D eigenvalue weighted by atomic mass is 9.96. The van der Waals surface area contributed by atoms with Crippen molar-refractivity contribution in [3.05, 3.63) is 75.3 Å². The van der Waals surface area contributed by atoms with E-state index in [1.165, 1.54) is 23.0 Å². The molecule has 2 heterocycles. The number of hydrogen-bond donors (Lipinski definition) is 2. The minimum atomic E-state index is -4.50. The number of aliphatic carboxylic acids is 1. The van der Waals surface area contributed by atoms with Gasteiger partial charge in [-0.25, -0.2) is 4.98 Å². The zero-order valence-corrected chi connectivity index (χ0v) is 20.6. The maximum atomic E-state index is 13.3. The van der Waals surface area contributed by atoms with Crippen LogP contribution in [0.5, 0.6) is 5.75 Å². The predicted molar refractivity (Wildman–Crippen MR) is 132 cm³/mol. The van der Waals surface area contributed by atoms with E-state index >= 15 is 0 Å². The summed E-state index contributed by atoms with van der Waals surface area (Å²) in [6.45, 7) is 5.80. The fourth-order valence-electron chi connectivity index (χ4n) is 4.29. The fraction of sp³-hybridized carbons (Fsp3) is 0.346. The van der Waals surface area contributed by atoms with Crippen LogP contribution in [0.3, 0.4) is 0 Å². The summed E-state index contributed by atoms with van der Waals surface area (Å²) in [5, 5.41) is 11.9. The molecular weight excluding hydrogens is 489 g/mol. The van der Waals surface area contributed by atoms with Gasteiger partial charge in [0.15, 0.2) is 12.4 Å². The third kappa shape index (κ3) is 6.11. The number of anilines is 2. The molecule has 0 saturated carbocycles. The van der Waals surface area contributed by atoms with Crippen LogP contribution in [0.15, 0.2) is 47.5 Å². The van der Waals surface area contributed by atoms with Crippen LogP contribution < -0.4 is 15.6 Å². The molecule has 2 N–H and O–H groups in total. The first-order valence-corrected chi connectivity index (χ1v) is 11.6. The van der Waals surface area contributed by atoms with Crippen LogP contribution in [-0.2, 0) is 11.3 Å². The van der Waals surface area contributed by atoms with Gasteiger partial charge in [-0.2, -0.15) is 13.2 Å². The van der Waals surface area contributed by atoms with E-state index < -0.39 is 24.3 Å². The second-order valence-corrected chi connectivity index (χ2v) is 9.27. The van der Waals surface area contributed by atoms with Crippen molar-refractivity contribution in [3.63, 3.8) is 0 Å². The number of likely N-dealkylation sites (tertiary alicyclic amines) is 1. The van der Waals surface area contributed by atoms with Crippen molar-refractivity contribution >= 4 is 17.5 Å². The Hall–Kier alpha value is -3.86. The molecule has 2 aromatic carbocycles. The molecule has 37 heavy (non-hydrogen) atoms. The number of ether oxygens (including phenoxy) is 1. The van der Waals surface area contributed by atoms with Crippen molar-refractivity contribution in [1.29, 1.82) is 0 Å². The molecule has 0 unspecified atom stereocenters. The average Bonchev–Trinajstić information content (AvgIpc) is 2.77. The van der Waals surface area contributed by atoms with E-state index in [0.29, 0.717) is 25.3 Å². The van der Waals surface area contributed by atoms with Gasteiger partial charge in [0, 0.05) is 37.7 Å². The second kappa shape index (κ2) is 10.3. The van der Waals surface area contributed by atoms with Crippen LogP contribution >= 0.6 is 0 Å². The quantitative estimate of drug-likeness (QED) is 0.459. The molecule has 4 rings (SSSR count). The summed E-state index contributed by atoms with van der Waals surface area (Å²) in [5.41, 5.74) is 4.06. The largest absolute Gasteiger partial charge is 0.482 e. The predicted octanol–water partition coefficient (Wildman–Crippen LogP) is 4.36. The molecule has 3 aromatic rings. The van der Waals surface area contributed by atoms with Crippen molar-refractivity contribution in [1.82, 2.24) is 14.5 Å². The molecule has 1 fully saturated rings. The Morgan fingerprint density at radius 1 is 1.16 bits per heavy atom. The Kier molecular flexibility index (Phi) is 7.26. The molecule has 196 valence electrons. The lowest BCUT2D eigenvalue weighted by molar-refractivity contribution is -0.153. The lowest BCUT2D eigenvalue weighted by Crippen LogP contribution is -2.49. The van der Waals surface area contributed by atoms with Gasteiger partial charge >= 0.3 is 12.1 Å². The lowest BCUT2D eigenvalue weighted by Gasteiger charge is -2.37. The number of aromatic nitrogens is 2. The van der Waals surface area contributed by atoms with E-state index in [1.807, 2.05) is 26.0 Å². The molecule has 1 saturated heterocycles. The number of nitrogens with one attached hydrogen (secondary N) is 1. The van der Waals surface area contributed by atoms with Crippen LogP contribution in [0.2, 0.25) is 0 Å².